The molecule has 1 fully saturated rings. The summed E-state index contributed by atoms with van der Waals surface area (Å²) < 4.78 is 5.74. The maximum Gasteiger partial charge on any atom is 0.131 e. The van der Waals surface area contributed by atoms with E-state index >= 15 is 0 Å². The first-order valence-electron chi connectivity index (χ1n) is 4.08. The van der Waals surface area contributed by atoms with Gasteiger partial charge in [-0.3, -0.25) is 4.98 Å². The molecule has 0 atom stereocenters. The topological polar surface area (TPSA) is 34.1 Å². The lowest BCUT2D eigenvalue weighted by molar-refractivity contribution is 0.0348. The van der Waals surface area contributed by atoms with E-state index in [-0.39, 0.29) is 5.60 Å². The van der Waals surface area contributed by atoms with E-state index < -0.39 is 0 Å². The molecular weight excluding hydrogens is 152 g/mol. The molecule has 0 aliphatic carbocycles. The van der Waals surface area contributed by atoms with E-state index in [1.807, 2.05) is 12.1 Å². The molecule has 0 amide bonds. The second-order valence-corrected chi connectivity index (χ2v) is 3.34. The summed E-state index contributed by atoms with van der Waals surface area (Å²) in [4.78, 5) is 3.92. The molecule has 1 aromatic rings. The number of pyridine rings is 1. The molecule has 3 heteroatoms. The van der Waals surface area contributed by atoms with E-state index in [0.29, 0.717) is 0 Å². The van der Waals surface area contributed by atoms with Gasteiger partial charge in [-0.05, 0) is 19.1 Å². The summed E-state index contributed by atoms with van der Waals surface area (Å²) in [6.07, 6.45) is 3.48. The lowest BCUT2D eigenvalue weighted by Gasteiger charge is -2.39. The van der Waals surface area contributed by atoms with E-state index in [4.69, 9.17) is 4.74 Å². The summed E-state index contributed by atoms with van der Waals surface area (Å²) in [6, 6.07) is 3.76. The van der Waals surface area contributed by atoms with Crippen molar-refractivity contribution < 1.29 is 4.74 Å². The van der Waals surface area contributed by atoms with Crippen LogP contribution < -0.4 is 10.1 Å². The van der Waals surface area contributed by atoms with Gasteiger partial charge in [0, 0.05) is 25.5 Å². The molecule has 1 N–H and O–H groups in total. The highest BCUT2D eigenvalue weighted by atomic mass is 16.5. The number of aromatic nitrogens is 1. The first-order chi connectivity index (χ1) is 5.79. The number of nitrogens with zero attached hydrogens (tertiary/aromatic N) is 1. The Labute approximate surface area is 71.8 Å². The SMILES string of the molecule is CC1(Oc2ccncc2)CNC1. The Morgan fingerprint density at radius 2 is 2.08 bits per heavy atom. The predicted molar refractivity (Wildman–Crippen MR) is 46.1 cm³/mol. The van der Waals surface area contributed by atoms with Crippen molar-refractivity contribution >= 4 is 0 Å². The smallest absolute Gasteiger partial charge is 0.131 e. The molecule has 0 radical (unpaired) electrons. The fourth-order valence-electron chi connectivity index (χ4n) is 1.24. The van der Waals surface area contributed by atoms with E-state index in [0.717, 1.165) is 18.8 Å². The summed E-state index contributed by atoms with van der Waals surface area (Å²) in [5.74, 6) is 0.897. The van der Waals surface area contributed by atoms with Crippen molar-refractivity contribution in [2.24, 2.45) is 0 Å². The molecular formula is C9H12N2O. The van der Waals surface area contributed by atoms with Crippen LogP contribution in [-0.2, 0) is 0 Å². The van der Waals surface area contributed by atoms with Crippen molar-refractivity contribution in [1.82, 2.24) is 10.3 Å². The Kier molecular flexibility index (Phi) is 1.73. The molecule has 12 heavy (non-hydrogen) atoms. The molecule has 0 bridgehead atoms. The van der Waals surface area contributed by atoms with Crippen molar-refractivity contribution in [3.05, 3.63) is 24.5 Å². The molecule has 64 valence electrons. The van der Waals surface area contributed by atoms with Gasteiger partial charge in [0.15, 0.2) is 0 Å². The maximum atomic E-state index is 5.74. The Balaban J connectivity index is 2.04. The van der Waals surface area contributed by atoms with Crippen LogP contribution in [0.4, 0.5) is 0 Å². The van der Waals surface area contributed by atoms with Crippen LogP contribution in [-0.4, -0.2) is 23.7 Å². The lowest BCUT2D eigenvalue weighted by Crippen LogP contribution is -2.60. The predicted octanol–water partition coefficient (Wildman–Crippen LogP) is 0.822. The van der Waals surface area contributed by atoms with Crippen LogP contribution >= 0.6 is 0 Å². The summed E-state index contributed by atoms with van der Waals surface area (Å²) in [5.41, 5.74) is -0.0125. The molecule has 2 rings (SSSR count). The Morgan fingerprint density at radius 1 is 1.42 bits per heavy atom. The van der Waals surface area contributed by atoms with Gasteiger partial charge in [0.05, 0.1) is 0 Å². The minimum absolute atomic E-state index is 0.0125. The molecule has 1 aromatic heterocycles. The molecule has 1 aliphatic rings. The standard InChI is InChI=1S/C9H12N2O/c1-9(6-11-7-9)12-8-2-4-10-5-3-8/h2-5,11H,6-7H2,1H3. The van der Waals surface area contributed by atoms with Gasteiger partial charge in [0.1, 0.15) is 11.4 Å². The van der Waals surface area contributed by atoms with Gasteiger partial charge < -0.3 is 10.1 Å². The van der Waals surface area contributed by atoms with Crippen molar-refractivity contribution in [1.29, 1.82) is 0 Å². The third kappa shape index (κ3) is 1.41. The largest absolute Gasteiger partial charge is 0.485 e. The number of hydrogen-bond donors (Lipinski definition) is 1. The zero-order chi connectivity index (χ0) is 8.44. The van der Waals surface area contributed by atoms with Crippen LogP contribution in [0.25, 0.3) is 0 Å². The van der Waals surface area contributed by atoms with Gasteiger partial charge >= 0.3 is 0 Å². The van der Waals surface area contributed by atoms with Gasteiger partial charge in [-0.25, -0.2) is 0 Å². The molecule has 2 heterocycles. The van der Waals surface area contributed by atoms with Crippen molar-refractivity contribution in [2.75, 3.05) is 13.1 Å². The van der Waals surface area contributed by atoms with Crippen LogP contribution in [0, 0.1) is 0 Å². The first kappa shape index (κ1) is 7.55. The van der Waals surface area contributed by atoms with Crippen molar-refractivity contribution in [3.8, 4) is 5.75 Å². The zero-order valence-electron chi connectivity index (χ0n) is 7.08. The summed E-state index contributed by atoms with van der Waals surface area (Å²) in [5, 5.41) is 3.18. The van der Waals surface area contributed by atoms with Crippen LogP contribution in [0.1, 0.15) is 6.92 Å². The fraction of sp³-hybridized carbons (Fsp3) is 0.444. The summed E-state index contributed by atoms with van der Waals surface area (Å²) in [7, 11) is 0. The highest BCUT2D eigenvalue weighted by Crippen LogP contribution is 2.20. The van der Waals surface area contributed by atoms with Gasteiger partial charge in [-0.15, -0.1) is 0 Å². The van der Waals surface area contributed by atoms with Crippen LogP contribution in [0.15, 0.2) is 24.5 Å². The Morgan fingerprint density at radius 3 is 2.58 bits per heavy atom. The van der Waals surface area contributed by atoms with E-state index in [1.54, 1.807) is 12.4 Å². The molecule has 0 aromatic carbocycles. The first-order valence-corrected chi connectivity index (χ1v) is 4.08. The van der Waals surface area contributed by atoms with Gasteiger partial charge in [-0.1, -0.05) is 0 Å². The lowest BCUT2D eigenvalue weighted by atomic mass is 10.00. The highest BCUT2D eigenvalue weighted by molar-refractivity contribution is 5.19. The van der Waals surface area contributed by atoms with Gasteiger partial charge in [0.2, 0.25) is 0 Å². The number of ether oxygens (including phenoxy) is 1. The summed E-state index contributed by atoms with van der Waals surface area (Å²) in [6.45, 7) is 3.95. The maximum absolute atomic E-state index is 5.74. The Bertz CT molecular complexity index is 256. The third-order valence-electron chi connectivity index (χ3n) is 2.01. The quantitative estimate of drug-likeness (QED) is 0.702. The van der Waals surface area contributed by atoms with Crippen LogP contribution in [0.5, 0.6) is 5.75 Å². The second kappa shape index (κ2) is 2.75. The second-order valence-electron chi connectivity index (χ2n) is 3.34. The summed E-state index contributed by atoms with van der Waals surface area (Å²) >= 11 is 0. The van der Waals surface area contributed by atoms with Crippen molar-refractivity contribution in [3.63, 3.8) is 0 Å². The molecule has 0 unspecified atom stereocenters. The van der Waals surface area contributed by atoms with Gasteiger partial charge in [-0.2, -0.15) is 0 Å². The highest BCUT2D eigenvalue weighted by Gasteiger charge is 2.33. The monoisotopic (exact) mass is 164 g/mol. The normalized spacial score (nSPS) is 19.8. The van der Waals surface area contributed by atoms with Crippen LogP contribution in [0.2, 0.25) is 0 Å². The number of nitrogens with one attached hydrogen (secondary N) is 1. The van der Waals surface area contributed by atoms with Gasteiger partial charge in [0.25, 0.3) is 0 Å². The molecule has 3 nitrogen and oxygen atoms in total. The van der Waals surface area contributed by atoms with E-state index in [2.05, 4.69) is 17.2 Å². The van der Waals surface area contributed by atoms with Crippen LogP contribution in [0.3, 0.4) is 0 Å². The Hall–Kier alpha value is -1.09. The molecule has 1 aliphatic heterocycles. The molecule has 0 spiro atoms. The average molecular weight is 164 g/mol. The minimum atomic E-state index is -0.0125. The van der Waals surface area contributed by atoms with E-state index in [9.17, 15) is 0 Å². The zero-order valence-corrected chi connectivity index (χ0v) is 7.08. The number of rotatable bonds is 2. The molecule has 1 saturated heterocycles. The minimum Gasteiger partial charge on any atom is -0.485 e. The average Bonchev–Trinajstić information content (AvgIpc) is 2.04. The molecule has 0 saturated carbocycles. The van der Waals surface area contributed by atoms with E-state index in [1.165, 1.54) is 0 Å². The number of hydrogen-bond acceptors (Lipinski definition) is 3. The third-order valence-corrected chi connectivity index (χ3v) is 2.01. The fourth-order valence-corrected chi connectivity index (χ4v) is 1.24. The van der Waals surface area contributed by atoms with Crippen molar-refractivity contribution in [2.45, 2.75) is 12.5 Å².